The van der Waals surface area contributed by atoms with E-state index in [9.17, 15) is 23.1 Å². The number of nitrogens with one attached hydrogen (secondary N) is 1. The number of anilines is 1. The summed E-state index contributed by atoms with van der Waals surface area (Å²) in [6, 6.07) is 9.55. The molecule has 0 aliphatic carbocycles. The third-order valence-corrected chi connectivity index (χ3v) is 7.49. The average Bonchev–Trinajstić information content (AvgIpc) is 2.80. The first-order chi connectivity index (χ1) is 15.3. The van der Waals surface area contributed by atoms with Gasteiger partial charge in [-0.15, -0.1) is 6.58 Å². The van der Waals surface area contributed by atoms with Gasteiger partial charge in [0.25, 0.3) is 5.91 Å². The molecule has 1 fully saturated rings. The zero-order valence-corrected chi connectivity index (χ0v) is 18.4. The second-order valence-electron chi connectivity index (χ2n) is 7.37. The van der Waals surface area contributed by atoms with E-state index in [1.54, 1.807) is 30.3 Å². The van der Waals surface area contributed by atoms with Crippen molar-refractivity contribution in [3.63, 3.8) is 0 Å². The molecule has 1 aliphatic rings. The first kappa shape index (κ1) is 23.4. The average molecular weight is 460 g/mol. The van der Waals surface area contributed by atoms with Gasteiger partial charge in [0.2, 0.25) is 10.0 Å². The predicted octanol–water partition coefficient (Wildman–Crippen LogP) is 2.70. The molecular weight excluding hydrogens is 434 g/mol. The molecule has 3 rings (SSSR count). The van der Waals surface area contributed by atoms with Gasteiger partial charge in [0.15, 0.2) is 11.6 Å². The van der Waals surface area contributed by atoms with E-state index in [0.717, 1.165) is 0 Å². The topological polar surface area (TPSA) is 126 Å². The molecule has 170 valence electrons. The van der Waals surface area contributed by atoms with Crippen molar-refractivity contribution in [2.45, 2.75) is 18.1 Å². The molecule has 1 aromatic heterocycles. The van der Waals surface area contributed by atoms with Gasteiger partial charge in [-0.1, -0.05) is 18.2 Å². The summed E-state index contributed by atoms with van der Waals surface area (Å²) in [5, 5.41) is 10.8. The van der Waals surface area contributed by atoms with Crippen molar-refractivity contribution in [3.05, 3.63) is 66.4 Å². The fraction of sp³-hybridized carbons (Fsp3) is 0.318. The molecule has 2 atom stereocenters. The van der Waals surface area contributed by atoms with Crippen LogP contribution in [-0.2, 0) is 14.8 Å². The first-order valence-corrected chi connectivity index (χ1v) is 11.5. The van der Waals surface area contributed by atoms with Crippen molar-refractivity contribution in [3.8, 4) is 5.75 Å². The number of rotatable bonds is 8. The van der Waals surface area contributed by atoms with Gasteiger partial charge in [0, 0.05) is 24.8 Å². The summed E-state index contributed by atoms with van der Waals surface area (Å²) in [5.74, 6) is -1.60. The lowest BCUT2D eigenvalue weighted by Gasteiger charge is -2.32. The second-order valence-corrected chi connectivity index (χ2v) is 9.42. The van der Waals surface area contributed by atoms with Crippen molar-refractivity contribution >= 4 is 27.7 Å². The Morgan fingerprint density at radius 2 is 2.12 bits per heavy atom. The maximum absolute atomic E-state index is 13.3. The second kappa shape index (κ2) is 9.92. The highest BCUT2D eigenvalue weighted by atomic mass is 32.2. The molecule has 1 amide bonds. The van der Waals surface area contributed by atoms with Crippen LogP contribution in [0.2, 0.25) is 0 Å². The van der Waals surface area contributed by atoms with Crippen LogP contribution < -0.4 is 10.1 Å². The number of aliphatic carboxylic acids is 1. The molecule has 1 aromatic carbocycles. The van der Waals surface area contributed by atoms with Crippen LogP contribution >= 0.6 is 0 Å². The maximum Gasteiger partial charge on any atom is 0.307 e. The lowest BCUT2D eigenvalue weighted by Crippen LogP contribution is -2.43. The summed E-state index contributed by atoms with van der Waals surface area (Å²) in [6.07, 6.45) is 3.71. The summed E-state index contributed by atoms with van der Waals surface area (Å²) in [4.78, 5) is 28.2. The summed E-state index contributed by atoms with van der Waals surface area (Å²) < 4.78 is 32.9. The number of benzene rings is 1. The molecule has 1 saturated heterocycles. The van der Waals surface area contributed by atoms with E-state index in [0.29, 0.717) is 24.2 Å². The van der Waals surface area contributed by atoms with E-state index in [2.05, 4.69) is 16.9 Å². The van der Waals surface area contributed by atoms with Crippen LogP contribution in [0, 0.1) is 5.92 Å². The number of ether oxygens (including phenoxy) is 1. The third-order valence-electron chi connectivity index (χ3n) is 5.33. The molecule has 0 spiro atoms. The highest BCUT2D eigenvalue weighted by Gasteiger charge is 2.36. The summed E-state index contributed by atoms with van der Waals surface area (Å²) in [7, 11) is -2.46. The molecule has 0 bridgehead atoms. The van der Waals surface area contributed by atoms with Crippen LogP contribution in [-0.4, -0.2) is 54.9 Å². The van der Waals surface area contributed by atoms with Gasteiger partial charge in [0.1, 0.15) is 5.25 Å². The Balaban J connectivity index is 1.85. The Kier molecular flexibility index (Phi) is 7.26. The maximum atomic E-state index is 13.3. The van der Waals surface area contributed by atoms with Gasteiger partial charge in [0.05, 0.1) is 13.0 Å². The number of carbonyl (C=O) groups is 2. The van der Waals surface area contributed by atoms with E-state index in [1.165, 1.54) is 29.8 Å². The number of carboxylic acid groups (broad SMARTS) is 1. The van der Waals surface area contributed by atoms with Crippen LogP contribution in [0.1, 0.15) is 34.0 Å². The number of carbonyl (C=O) groups excluding carboxylic acids is 1. The van der Waals surface area contributed by atoms with E-state index in [1.807, 2.05) is 0 Å². The van der Waals surface area contributed by atoms with Gasteiger partial charge in [-0.2, -0.15) is 0 Å². The number of sulfonamides is 1. The van der Waals surface area contributed by atoms with Crippen LogP contribution in [0.25, 0.3) is 0 Å². The third kappa shape index (κ3) is 4.97. The predicted molar refractivity (Wildman–Crippen MR) is 119 cm³/mol. The van der Waals surface area contributed by atoms with Crippen molar-refractivity contribution in [1.29, 1.82) is 0 Å². The Bertz CT molecular complexity index is 1120. The summed E-state index contributed by atoms with van der Waals surface area (Å²) in [6.45, 7) is 3.83. The van der Waals surface area contributed by atoms with Gasteiger partial charge >= 0.3 is 5.97 Å². The lowest BCUT2D eigenvalue weighted by molar-refractivity contribution is -0.142. The van der Waals surface area contributed by atoms with Crippen molar-refractivity contribution in [2.75, 3.05) is 25.5 Å². The Morgan fingerprint density at radius 1 is 1.34 bits per heavy atom. The Hall–Kier alpha value is -3.24. The number of nitrogens with zero attached hydrogens (tertiary/aromatic N) is 2. The number of piperidine rings is 1. The zero-order chi connectivity index (χ0) is 23.3. The first-order valence-electron chi connectivity index (χ1n) is 10.0. The van der Waals surface area contributed by atoms with Crippen molar-refractivity contribution in [1.82, 2.24) is 9.29 Å². The van der Waals surface area contributed by atoms with E-state index in [4.69, 9.17) is 4.74 Å². The molecule has 1 aliphatic heterocycles. The Morgan fingerprint density at radius 3 is 2.81 bits per heavy atom. The van der Waals surface area contributed by atoms with Crippen molar-refractivity contribution < 1.29 is 27.9 Å². The number of pyridine rings is 1. The fourth-order valence-corrected chi connectivity index (χ4v) is 5.48. The number of carboxylic acids is 1. The monoisotopic (exact) mass is 459 g/mol. The van der Waals surface area contributed by atoms with E-state index < -0.39 is 33.1 Å². The Labute approximate surface area is 186 Å². The molecule has 0 radical (unpaired) electrons. The van der Waals surface area contributed by atoms with Crippen molar-refractivity contribution in [2.24, 2.45) is 5.92 Å². The molecule has 2 aromatic rings. The highest BCUT2D eigenvalue weighted by Crippen LogP contribution is 2.31. The molecule has 32 heavy (non-hydrogen) atoms. The number of methoxy groups -OCH3 is 1. The summed E-state index contributed by atoms with van der Waals surface area (Å²) in [5.41, 5.74) is 0.595. The van der Waals surface area contributed by atoms with Gasteiger partial charge in [-0.3, -0.25) is 9.59 Å². The fourth-order valence-electron chi connectivity index (χ4n) is 3.65. The van der Waals surface area contributed by atoms with Gasteiger partial charge in [-0.05, 0) is 42.7 Å². The minimum absolute atomic E-state index is 0.0817. The number of hydrogen-bond donors (Lipinski definition) is 2. The molecule has 0 saturated carbocycles. The van der Waals surface area contributed by atoms with Gasteiger partial charge < -0.3 is 15.2 Å². The molecule has 2 unspecified atom stereocenters. The molecule has 10 heteroatoms. The molecular formula is C22H25N3O6S. The largest absolute Gasteiger partial charge is 0.493 e. The number of hydrogen-bond acceptors (Lipinski definition) is 6. The van der Waals surface area contributed by atoms with Crippen LogP contribution in [0.5, 0.6) is 5.75 Å². The minimum Gasteiger partial charge on any atom is -0.493 e. The number of amides is 1. The molecule has 9 nitrogen and oxygen atoms in total. The normalized spacial score (nSPS) is 17.8. The SMILES string of the molecule is C=CC(c1cccc(C(=O)Nc2ncccc2OC)c1)S(=O)(=O)N1CCCC(C(=O)O)C1. The standard InChI is InChI=1S/C22H25N3O6S/c1-3-19(32(29,30)25-12-6-9-17(14-25)22(27)28)15-7-4-8-16(13-15)21(26)24-20-18(31-2)10-5-11-23-20/h3-5,7-8,10-11,13,17,19H,1,6,9,12,14H2,2H3,(H,27,28)(H,23,24,26). The minimum atomic E-state index is -3.92. The number of aromatic nitrogens is 1. The van der Waals surface area contributed by atoms with Crippen LogP contribution in [0.4, 0.5) is 5.82 Å². The van der Waals surface area contributed by atoms with Crippen LogP contribution in [0.3, 0.4) is 0 Å². The molecule has 2 heterocycles. The summed E-state index contributed by atoms with van der Waals surface area (Å²) >= 11 is 0. The molecule has 2 N–H and O–H groups in total. The zero-order valence-electron chi connectivity index (χ0n) is 17.6. The van der Waals surface area contributed by atoms with E-state index in [-0.39, 0.29) is 24.5 Å². The van der Waals surface area contributed by atoms with E-state index >= 15 is 0 Å². The van der Waals surface area contributed by atoms with Crippen LogP contribution in [0.15, 0.2) is 55.3 Å². The smallest absolute Gasteiger partial charge is 0.307 e. The highest BCUT2D eigenvalue weighted by molar-refractivity contribution is 7.89. The quantitative estimate of drug-likeness (QED) is 0.581. The lowest BCUT2D eigenvalue weighted by atomic mass is 10.0. The van der Waals surface area contributed by atoms with Gasteiger partial charge in [-0.25, -0.2) is 17.7 Å².